The Morgan fingerprint density at radius 2 is 1.66 bits per heavy atom. The fraction of sp³-hybridized carbons (Fsp3) is 0.320. The summed E-state index contributed by atoms with van der Waals surface area (Å²) >= 11 is 0. The monoisotopic (exact) mass is 383 g/mol. The Morgan fingerprint density at radius 1 is 0.966 bits per heavy atom. The Hall–Kier alpha value is -3.03. The molecule has 1 atom stereocenters. The Labute approximate surface area is 171 Å². The molecular formula is C25H25N3O. The molecule has 0 aliphatic heterocycles. The molecule has 1 aliphatic rings. The molecule has 1 aromatic carbocycles. The summed E-state index contributed by atoms with van der Waals surface area (Å²) in [5.74, 6) is 0. The molecular weight excluding hydrogens is 358 g/mol. The minimum atomic E-state index is -1.26. The van der Waals surface area contributed by atoms with E-state index in [1.807, 2.05) is 69.3 Å². The number of hydrogen-bond acceptors (Lipinski definition) is 4. The van der Waals surface area contributed by atoms with Crippen LogP contribution in [0.15, 0.2) is 67.1 Å². The third-order valence-corrected chi connectivity index (χ3v) is 6.03. The first-order valence-electron chi connectivity index (χ1n) is 9.92. The number of pyridine rings is 2. The van der Waals surface area contributed by atoms with Gasteiger partial charge < -0.3 is 5.11 Å². The lowest BCUT2D eigenvalue weighted by Crippen LogP contribution is -2.42. The molecule has 0 saturated heterocycles. The third-order valence-electron chi connectivity index (χ3n) is 6.03. The van der Waals surface area contributed by atoms with Crippen molar-refractivity contribution < 1.29 is 5.11 Å². The topological polar surface area (TPSA) is 69.8 Å². The van der Waals surface area contributed by atoms with Crippen LogP contribution in [-0.4, -0.2) is 15.1 Å². The predicted molar refractivity (Wildman–Crippen MR) is 113 cm³/mol. The molecule has 0 bridgehead atoms. The molecule has 2 aromatic heterocycles. The van der Waals surface area contributed by atoms with Crippen LogP contribution in [0, 0.1) is 16.7 Å². The Balaban J connectivity index is 1.67. The molecule has 1 saturated carbocycles. The molecule has 1 unspecified atom stereocenters. The summed E-state index contributed by atoms with van der Waals surface area (Å²) in [4.78, 5) is 8.82. The molecule has 3 aromatic rings. The van der Waals surface area contributed by atoms with E-state index in [4.69, 9.17) is 0 Å². The molecule has 146 valence electrons. The van der Waals surface area contributed by atoms with Crippen LogP contribution in [0.3, 0.4) is 0 Å². The lowest BCUT2D eigenvalue weighted by molar-refractivity contribution is -0.0298. The van der Waals surface area contributed by atoms with E-state index in [1.165, 1.54) is 0 Å². The Morgan fingerprint density at radius 3 is 2.14 bits per heavy atom. The van der Waals surface area contributed by atoms with Crippen molar-refractivity contribution in [2.75, 3.05) is 0 Å². The zero-order valence-electron chi connectivity index (χ0n) is 17.1. The normalized spacial score (nSPS) is 17.2. The van der Waals surface area contributed by atoms with Crippen LogP contribution in [-0.2, 0) is 11.0 Å². The van der Waals surface area contributed by atoms with Crippen LogP contribution in [0.4, 0.5) is 0 Å². The van der Waals surface area contributed by atoms with Gasteiger partial charge in [0.2, 0.25) is 0 Å². The van der Waals surface area contributed by atoms with Gasteiger partial charge in [0.25, 0.3) is 0 Å². The maximum absolute atomic E-state index is 11.7. The van der Waals surface area contributed by atoms with Crippen molar-refractivity contribution in [1.29, 1.82) is 5.26 Å². The van der Waals surface area contributed by atoms with E-state index in [-0.39, 0.29) is 5.41 Å². The lowest BCUT2D eigenvalue weighted by Gasteiger charge is -2.40. The predicted octanol–water partition coefficient (Wildman–Crippen LogP) is 4.98. The second-order valence-electron chi connectivity index (χ2n) is 8.91. The van der Waals surface area contributed by atoms with Crippen LogP contribution in [0.1, 0.15) is 50.4 Å². The molecule has 0 spiro atoms. The second kappa shape index (κ2) is 6.79. The van der Waals surface area contributed by atoms with Gasteiger partial charge in [-0.25, -0.2) is 0 Å². The highest BCUT2D eigenvalue weighted by molar-refractivity contribution is 5.63. The first kappa shape index (κ1) is 19.3. The van der Waals surface area contributed by atoms with Gasteiger partial charge in [-0.1, -0.05) is 57.2 Å². The minimum absolute atomic E-state index is 0.270. The summed E-state index contributed by atoms with van der Waals surface area (Å²) in [6.07, 6.45) is 7.08. The molecule has 1 aliphatic carbocycles. The van der Waals surface area contributed by atoms with Crippen molar-refractivity contribution in [2.45, 2.75) is 44.6 Å². The number of benzene rings is 1. The standard InChI is InChI=1S/C25H25N3O/c1-23(2,3)25(29,21-5-4-14-27-16-21)22-11-8-19(15-28-22)18-6-9-20(10-7-18)24(17-26)12-13-24/h4-11,14-16,29H,12-13H2,1-3H3. The largest absolute Gasteiger partial charge is 0.378 e. The van der Waals surface area contributed by atoms with Gasteiger partial charge in [0.05, 0.1) is 17.2 Å². The molecule has 4 nitrogen and oxygen atoms in total. The summed E-state index contributed by atoms with van der Waals surface area (Å²) < 4.78 is 0. The minimum Gasteiger partial charge on any atom is -0.378 e. The highest BCUT2D eigenvalue weighted by atomic mass is 16.3. The summed E-state index contributed by atoms with van der Waals surface area (Å²) in [6.45, 7) is 5.99. The number of aromatic nitrogens is 2. The molecule has 1 N–H and O–H groups in total. The van der Waals surface area contributed by atoms with Crippen molar-refractivity contribution in [3.05, 3.63) is 83.9 Å². The van der Waals surface area contributed by atoms with Crippen LogP contribution in [0.5, 0.6) is 0 Å². The lowest BCUT2D eigenvalue weighted by atomic mass is 9.70. The Kier molecular flexibility index (Phi) is 4.52. The average Bonchev–Trinajstić information content (AvgIpc) is 3.55. The van der Waals surface area contributed by atoms with E-state index in [9.17, 15) is 10.4 Å². The number of nitriles is 1. The van der Waals surface area contributed by atoms with E-state index in [1.54, 1.807) is 18.6 Å². The van der Waals surface area contributed by atoms with E-state index < -0.39 is 11.0 Å². The van der Waals surface area contributed by atoms with Crippen LogP contribution < -0.4 is 0 Å². The van der Waals surface area contributed by atoms with Crippen LogP contribution in [0.25, 0.3) is 11.1 Å². The van der Waals surface area contributed by atoms with E-state index in [2.05, 4.69) is 16.0 Å². The van der Waals surface area contributed by atoms with E-state index >= 15 is 0 Å². The highest BCUT2D eigenvalue weighted by Crippen LogP contribution is 2.48. The van der Waals surface area contributed by atoms with Gasteiger partial charge >= 0.3 is 0 Å². The summed E-state index contributed by atoms with van der Waals surface area (Å²) in [5.41, 5.74) is 2.44. The van der Waals surface area contributed by atoms with Crippen LogP contribution >= 0.6 is 0 Å². The summed E-state index contributed by atoms with van der Waals surface area (Å²) in [7, 11) is 0. The molecule has 4 rings (SSSR count). The van der Waals surface area contributed by atoms with Gasteiger partial charge in [-0.15, -0.1) is 0 Å². The zero-order chi connectivity index (χ0) is 20.7. The maximum Gasteiger partial charge on any atom is 0.138 e. The van der Waals surface area contributed by atoms with Gasteiger partial charge in [-0.05, 0) is 36.1 Å². The van der Waals surface area contributed by atoms with Gasteiger partial charge in [0.15, 0.2) is 0 Å². The molecule has 4 heteroatoms. The summed E-state index contributed by atoms with van der Waals surface area (Å²) in [5, 5.41) is 21.1. The van der Waals surface area contributed by atoms with Crippen LogP contribution in [0.2, 0.25) is 0 Å². The third kappa shape index (κ3) is 3.22. The van der Waals surface area contributed by atoms with Crippen molar-refractivity contribution in [2.24, 2.45) is 5.41 Å². The van der Waals surface area contributed by atoms with Gasteiger partial charge in [0, 0.05) is 35.1 Å². The van der Waals surface area contributed by atoms with Crippen molar-refractivity contribution in [3.8, 4) is 17.2 Å². The van der Waals surface area contributed by atoms with E-state index in [0.717, 1.165) is 35.1 Å². The summed E-state index contributed by atoms with van der Waals surface area (Å²) in [6, 6.07) is 18.2. The average molecular weight is 383 g/mol. The van der Waals surface area contributed by atoms with Crippen molar-refractivity contribution in [3.63, 3.8) is 0 Å². The first-order chi connectivity index (χ1) is 13.8. The fourth-order valence-corrected chi connectivity index (χ4v) is 3.89. The number of aliphatic hydroxyl groups is 1. The molecule has 1 fully saturated rings. The van der Waals surface area contributed by atoms with Crippen molar-refractivity contribution in [1.82, 2.24) is 9.97 Å². The van der Waals surface area contributed by atoms with Gasteiger partial charge in [-0.3, -0.25) is 9.97 Å². The van der Waals surface area contributed by atoms with E-state index in [0.29, 0.717) is 5.69 Å². The molecule has 0 amide bonds. The maximum atomic E-state index is 11.7. The van der Waals surface area contributed by atoms with Gasteiger partial charge in [0.1, 0.15) is 5.60 Å². The molecule has 0 radical (unpaired) electrons. The van der Waals surface area contributed by atoms with Gasteiger partial charge in [-0.2, -0.15) is 5.26 Å². The SMILES string of the molecule is CC(C)(C)C(O)(c1cccnc1)c1ccc(-c2ccc(C3(C#N)CC3)cc2)cn1. The number of rotatable bonds is 4. The molecule has 2 heterocycles. The highest BCUT2D eigenvalue weighted by Gasteiger charge is 2.45. The molecule has 29 heavy (non-hydrogen) atoms. The number of nitrogens with zero attached hydrogens (tertiary/aromatic N) is 3. The quantitative estimate of drug-likeness (QED) is 0.690. The van der Waals surface area contributed by atoms with Crippen molar-refractivity contribution >= 4 is 0 Å². The zero-order valence-corrected chi connectivity index (χ0v) is 17.1. The fourth-order valence-electron chi connectivity index (χ4n) is 3.89. The smallest absolute Gasteiger partial charge is 0.138 e. The second-order valence-corrected chi connectivity index (χ2v) is 8.91. The number of hydrogen-bond donors (Lipinski definition) is 1. The first-order valence-corrected chi connectivity index (χ1v) is 9.92. The Bertz CT molecular complexity index is 1040.